The van der Waals surface area contributed by atoms with Gasteiger partial charge in [0.1, 0.15) is 5.82 Å². The lowest BCUT2D eigenvalue weighted by Gasteiger charge is -2.07. The molecule has 1 rings (SSSR count). The maximum atomic E-state index is 12.9. The first-order valence-electron chi connectivity index (χ1n) is 3.94. The minimum absolute atomic E-state index is 0.0534. The van der Waals surface area contributed by atoms with E-state index in [0.717, 1.165) is 18.2 Å². The number of allylic oxidation sites excluding steroid dienone is 1. The molecule has 76 valence electrons. The highest BCUT2D eigenvalue weighted by Gasteiger charge is 2.30. The average Bonchev–Trinajstić information content (AvgIpc) is 2.07. The van der Waals surface area contributed by atoms with Crippen LogP contribution in [0.25, 0.3) is 6.08 Å². The second-order valence-corrected chi connectivity index (χ2v) is 2.73. The Labute approximate surface area is 78.9 Å². The maximum absolute atomic E-state index is 12.9. The van der Waals surface area contributed by atoms with E-state index in [4.69, 9.17) is 0 Å². The van der Waals surface area contributed by atoms with Crippen LogP contribution in [0.4, 0.5) is 17.6 Å². The first-order chi connectivity index (χ1) is 6.45. The fourth-order valence-electron chi connectivity index (χ4n) is 1.03. The Hall–Kier alpha value is -1.32. The summed E-state index contributed by atoms with van der Waals surface area (Å²) in [5.74, 6) is -0.656. The highest BCUT2D eigenvalue weighted by molar-refractivity contribution is 5.51. The van der Waals surface area contributed by atoms with Gasteiger partial charge in [-0.1, -0.05) is 12.2 Å². The fourth-order valence-corrected chi connectivity index (χ4v) is 1.03. The second-order valence-electron chi connectivity index (χ2n) is 2.73. The molecule has 0 aliphatic rings. The highest BCUT2D eigenvalue weighted by Crippen LogP contribution is 2.30. The number of alkyl halides is 3. The van der Waals surface area contributed by atoms with Crippen molar-refractivity contribution in [2.24, 2.45) is 0 Å². The molecule has 4 heteroatoms. The number of benzene rings is 1. The SMILES string of the molecule is C/C=C/c1cc(C(F)(F)F)ccc1F. The minimum atomic E-state index is -4.43. The molecule has 0 nitrogen and oxygen atoms in total. The molecule has 0 radical (unpaired) electrons. The van der Waals surface area contributed by atoms with E-state index >= 15 is 0 Å². The van der Waals surface area contributed by atoms with Gasteiger partial charge in [0.2, 0.25) is 0 Å². The van der Waals surface area contributed by atoms with Crippen molar-refractivity contribution >= 4 is 6.08 Å². The van der Waals surface area contributed by atoms with E-state index < -0.39 is 17.6 Å². The van der Waals surface area contributed by atoms with E-state index in [9.17, 15) is 17.6 Å². The van der Waals surface area contributed by atoms with E-state index in [0.29, 0.717) is 0 Å². The summed E-state index contributed by atoms with van der Waals surface area (Å²) >= 11 is 0. The first kappa shape index (κ1) is 10.8. The quantitative estimate of drug-likeness (QED) is 0.609. The van der Waals surface area contributed by atoms with Gasteiger partial charge in [0.05, 0.1) is 5.56 Å². The van der Waals surface area contributed by atoms with E-state index in [1.54, 1.807) is 6.92 Å². The van der Waals surface area contributed by atoms with Crippen LogP contribution < -0.4 is 0 Å². The predicted molar refractivity (Wildman–Crippen MR) is 46.1 cm³/mol. The van der Waals surface area contributed by atoms with Gasteiger partial charge in [-0.05, 0) is 25.1 Å². The Balaban J connectivity index is 3.19. The Morgan fingerprint density at radius 3 is 2.36 bits per heavy atom. The molecule has 14 heavy (non-hydrogen) atoms. The van der Waals surface area contributed by atoms with Gasteiger partial charge < -0.3 is 0 Å². The van der Waals surface area contributed by atoms with Gasteiger partial charge in [0.25, 0.3) is 0 Å². The molecule has 0 saturated carbocycles. The molecule has 0 N–H and O–H groups in total. The van der Waals surface area contributed by atoms with Gasteiger partial charge in [-0.2, -0.15) is 13.2 Å². The third-order valence-corrected chi connectivity index (χ3v) is 1.67. The van der Waals surface area contributed by atoms with Crippen molar-refractivity contribution in [2.75, 3.05) is 0 Å². The van der Waals surface area contributed by atoms with Crippen molar-refractivity contribution in [3.8, 4) is 0 Å². The van der Waals surface area contributed by atoms with Crippen LogP contribution in [-0.4, -0.2) is 0 Å². The molecule has 0 saturated heterocycles. The summed E-state index contributed by atoms with van der Waals surface area (Å²) in [6, 6.07) is 2.33. The summed E-state index contributed by atoms with van der Waals surface area (Å²) in [5, 5.41) is 0. The highest BCUT2D eigenvalue weighted by atomic mass is 19.4. The number of hydrogen-bond donors (Lipinski definition) is 0. The van der Waals surface area contributed by atoms with Crippen molar-refractivity contribution < 1.29 is 17.6 Å². The molecule has 0 bridgehead atoms. The van der Waals surface area contributed by atoms with E-state index in [2.05, 4.69) is 0 Å². The molecule has 0 spiro atoms. The van der Waals surface area contributed by atoms with Gasteiger partial charge in [0.15, 0.2) is 0 Å². The minimum Gasteiger partial charge on any atom is -0.206 e. The third kappa shape index (κ3) is 2.34. The average molecular weight is 204 g/mol. The lowest BCUT2D eigenvalue weighted by molar-refractivity contribution is -0.137. The Morgan fingerprint density at radius 1 is 1.21 bits per heavy atom. The summed E-state index contributed by atoms with van der Waals surface area (Å²) in [5.41, 5.74) is -0.894. The molecule has 0 heterocycles. The number of halogens is 4. The van der Waals surface area contributed by atoms with Gasteiger partial charge in [-0.25, -0.2) is 4.39 Å². The van der Waals surface area contributed by atoms with Crippen molar-refractivity contribution in [1.82, 2.24) is 0 Å². The molecule has 1 aromatic carbocycles. The maximum Gasteiger partial charge on any atom is 0.416 e. The van der Waals surface area contributed by atoms with E-state index in [1.807, 2.05) is 0 Å². The number of rotatable bonds is 1. The monoisotopic (exact) mass is 204 g/mol. The number of hydrogen-bond acceptors (Lipinski definition) is 0. The molecular weight excluding hydrogens is 196 g/mol. The molecule has 0 aromatic heterocycles. The Kier molecular flexibility index (Phi) is 2.93. The molecule has 1 aromatic rings. The lowest BCUT2D eigenvalue weighted by Crippen LogP contribution is -2.05. The summed E-state index contributed by atoms with van der Waals surface area (Å²) < 4.78 is 49.5. The van der Waals surface area contributed by atoms with Crippen LogP contribution in [0.2, 0.25) is 0 Å². The summed E-state index contributed by atoms with van der Waals surface area (Å²) in [6.07, 6.45) is -1.65. The zero-order valence-corrected chi connectivity index (χ0v) is 7.40. The summed E-state index contributed by atoms with van der Waals surface area (Å²) in [7, 11) is 0. The van der Waals surface area contributed by atoms with Gasteiger partial charge in [0, 0.05) is 5.56 Å². The molecule has 0 fully saturated rings. The predicted octanol–water partition coefficient (Wildman–Crippen LogP) is 3.88. The standard InChI is InChI=1S/C10H8F4/c1-2-3-7-6-8(10(12,13)14)4-5-9(7)11/h2-6H,1H3/b3-2+. The summed E-state index contributed by atoms with van der Waals surface area (Å²) in [4.78, 5) is 0. The second kappa shape index (κ2) is 3.82. The van der Waals surface area contributed by atoms with Crippen molar-refractivity contribution in [2.45, 2.75) is 13.1 Å². The van der Waals surface area contributed by atoms with Crippen molar-refractivity contribution in [3.05, 3.63) is 41.2 Å². The lowest BCUT2D eigenvalue weighted by atomic mass is 10.1. The molecule has 0 unspecified atom stereocenters. The van der Waals surface area contributed by atoms with Crippen LogP contribution in [0.3, 0.4) is 0 Å². The molecule has 0 atom stereocenters. The van der Waals surface area contributed by atoms with E-state index in [-0.39, 0.29) is 5.56 Å². The van der Waals surface area contributed by atoms with Gasteiger partial charge in [-0.15, -0.1) is 0 Å². The molecule has 0 aliphatic carbocycles. The van der Waals surface area contributed by atoms with Crippen LogP contribution in [0, 0.1) is 5.82 Å². The molecule has 0 amide bonds. The third-order valence-electron chi connectivity index (χ3n) is 1.67. The zero-order valence-electron chi connectivity index (χ0n) is 7.40. The van der Waals surface area contributed by atoms with Crippen LogP contribution in [-0.2, 0) is 6.18 Å². The zero-order chi connectivity index (χ0) is 10.8. The molecular formula is C10H8F4. The Morgan fingerprint density at radius 2 is 1.86 bits per heavy atom. The summed E-state index contributed by atoms with van der Waals surface area (Å²) in [6.45, 7) is 1.61. The Bertz CT molecular complexity index is 350. The topological polar surface area (TPSA) is 0 Å². The first-order valence-corrected chi connectivity index (χ1v) is 3.94. The van der Waals surface area contributed by atoms with Crippen LogP contribution in [0.5, 0.6) is 0 Å². The van der Waals surface area contributed by atoms with Crippen molar-refractivity contribution in [3.63, 3.8) is 0 Å². The van der Waals surface area contributed by atoms with Crippen LogP contribution in [0.1, 0.15) is 18.1 Å². The van der Waals surface area contributed by atoms with Crippen LogP contribution >= 0.6 is 0 Å². The van der Waals surface area contributed by atoms with Crippen molar-refractivity contribution in [1.29, 1.82) is 0 Å². The smallest absolute Gasteiger partial charge is 0.206 e. The van der Waals surface area contributed by atoms with Crippen LogP contribution in [0.15, 0.2) is 24.3 Å². The normalized spacial score (nSPS) is 12.4. The largest absolute Gasteiger partial charge is 0.416 e. The van der Waals surface area contributed by atoms with Gasteiger partial charge in [-0.3, -0.25) is 0 Å². The molecule has 0 aliphatic heterocycles. The fraction of sp³-hybridized carbons (Fsp3) is 0.200. The van der Waals surface area contributed by atoms with E-state index in [1.165, 1.54) is 12.2 Å². The van der Waals surface area contributed by atoms with Gasteiger partial charge >= 0.3 is 6.18 Å².